The molecule has 0 radical (unpaired) electrons. The molecule has 5 nitrogen and oxygen atoms in total. The Morgan fingerprint density at radius 3 is 2.27 bits per heavy atom. The summed E-state index contributed by atoms with van der Waals surface area (Å²) in [5.41, 5.74) is 0. The van der Waals surface area contributed by atoms with Crippen molar-refractivity contribution in [1.82, 2.24) is 5.32 Å². The Morgan fingerprint density at radius 2 is 1.87 bits per heavy atom. The van der Waals surface area contributed by atoms with Gasteiger partial charge in [0.05, 0.1) is 0 Å². The number of amides is 1. The van der Waals surface area contributed by atoms with Crippen molar-refractivity contribution in [3.05, 3.63) is 0 Å². The minimum Gasteiger partial charge on any atom is -0.481 e. The van der Waals surface area contributed by atoms with Gasteiger partial charge < -0.3 is 10.4 Å². The summed E-state index contributed by atoms with van der Waals surface area (Å²) >= 11 is 0. The number of rotatable bonds is 6. The van der Waals surface area contributed by atoms with Crippen molar-refractivity contribution in [1.29, 1.82) is 0 Å². The largest absolute Gasteiger partial charge is 0.481 e. The smallest absolute Gasteiger partial charge is 0.316 e. The maximum Gasteiger partial charge on any atom is 0.316 e. The number of nitrogens with one attached hydrogen (secondary N) is 1. The highest BCUT2D eigenvalue weighted by atomic mass is 32.2. The van der Waals surface area contributed by atoms with Crippen LogP contribution in [0.15, 0.2) is 0 Å². The Labute approximate surface area is 91.7 Å². The molecule has 0 saturated carbocycles. The van der Waals surface area contributed by atoms with Crippen LogP contribution in [0.4, 0.5) is 0 Å². The molecule has 6 heteroatoms. The van der Waals surface area contributed by atoms with E-state index in [9.17, 15) is 13.8 Å². The number of hydrogen-bond acceptors (Lipinski definition) is 3. The van der Waals surface area contributed by atoms with Gasteiger partial charge in [-0.3, -0.25) is 13.8 Å². The number of aliphatic carboxylic acids is 1. The summed E-state index contributed by atoms with van der Waals surface area (Å²) in [6.07, 6.45) is 0. The zero-order valence-corrected chi connectivity index (χ0v) is 9.97. The number of hydrogen-bond donors (Lipinski definition) is 2. The van der Waals surface area contributed by atoms with Gasteiger partial charge in [0.15, 0.2) is 0 Å². The van der Waals surface area contributed by atoms with Gasteiger partial charge in [-0.1, -0.05) is 13.8 Å². The lowest BCUT2D eigenvalue weighted by Gasteiger charge is -2.12. The van der Waals surface area contributed by atoms with Gasteiger partial charge in [-0.05, 0) is 12.8 Å². The average molecular weight is 235 g/mol. The van der Waals surface area contributed by atoms with Gasteiger partial charge in [0.2, 0.25) is 5.91 Å². The number of carboxylic acid groups (broad SMARTS) is 1. The molecule has 0 aromatic rings. The van der Waals surface area contributed by atoms with Crippen molar-refractivity contribution in [3.63, 3.8) is 0 Å². The number of carbonyl (C=O) groups is 2. The second-order valence-corrected chi connectivity index (χ2v) is 5.46. The fraction of sp³-hybridized carbons (Fsp3) is 0.778. The zero-order chi connectivity index (χ0) is 12.0. The van der Waals surface area contributed by atoms with Gasteiger partial charge in [0.25, 0.3) is 0 Å². The molecule has 0 fully saturated rings. The Bertz CT molecular complexity index is 265. The fourth-order valence-corrected chi connectivity index (χ4v) is 1.63. The second kappa shape index (κ2) is 6.55. The van der Waals surface area contributed by atoms with E-state index in [0.717, 1.165) is 0 Å². The molecule has 0 bridgehead atoms. The molecule has 0 aromatic carbocycles. The van der Waals surface area contributed by atoms with E-state index in [1.165, 1.54) is 6.92 Å². The van der Waals surface area contributed by atoms with E-state index in [1.807, 2.05) is 13.8 Å². The molecule has 0 saturated heterocycles. The Balaban J connectivity index is 4.08. The summed E-state index contributed by atoms with van der Waals surface area (Å²) in [6.45, 7) is 5.86. The van der Waals surface area contributed by atoms with Crippen molar-refractivity contribution in [2.75, 3.05) is 12.3 Å². The average Bonchev–Trinajstić information content (AvgIpc) is 2.11. The molecular formula is C9H17NO4S. The minimum absolute atomic E-state index is 0.314. The highest BCUT2D eigenvalue weighted by Gasteiger charge is 2.21. The summed E-state index contributed by atoms with van der Waals surface area (Å²) in [6, 6.07) is 0. The van der Waals surface area contributed by atoms with Crippen molar-refractivity contribution in [3.8, 4) is 0 Å². The summed E-state index contributed by atoms with van der Waals surface area (Å²) < 4.78 is 11.3. The van der Waals surface area contributed by atoms with Crippen molar-refractivity contribution < 1.29 is 18.9 Å². The van der Waals surface area contributed by atoms with E-state index in [1.54, 1.807) is 0 Å². The van der Waals surface area contributed by atoms with E-state index in [-0.39, 0.29) is 5.91 Å². The molecule has 0 aromatic heterocycles. The first kappa shape index (κ1) is 14.1. The zero-order valence-electron chi connectivity index (χ0n) is 9.15. The maximum atomic E-state index is 11.4. The van der Waals surface area contributed by atoms with Crippen LogP contribution in [0.2, 0.25) is 0 Å². The molecule has 0 rings (SSSR count). The predicted octanol–water partition coefficient (Wildman–Crippen LogP) is -0.0196. The van der Waals surface area contributed by atoms with Gasteiger partial charge in [0.1, 0.15) is 11.0 Å². The SMILES string of the molecule is CC(C)CNC(=O)C(C)S(=O)CC(=O)O. The van der Waals surface area contributed by atoms with Gasteiger partial charge in [0, 0.05) is 17.3 Å². The molecule has 15 heavy (non-hydrogen) atoms. The molecule has 0 aliphatic carbocycles. The molecule has 1 amide bonds. The van der Waals surface area contributed by atoms with Crippen LogP contribution in [0.5, 0.6) is 0 Å². The third kappa shape index (κ3) is 6.22. The molecular weight excluding hydrogens is 218 g/mol. The van der Waals surface area contributed by atoms with Crippen LogP contribution in [0, 0.1) is 5.92 Å². The van der Waals surface area contributed by atoms with E-state index in [2.05, 4.69) is 5.32 Å². The molecule has 0 spiro atoms. The highest BCUT2D eigenvalue weighted by molar-refractivity contribution is 7.87. The lowest BCUT2D eigenvalue weighted by atomic mass is 10.2. The van der Waals surface area contributed by atoms with E-state index in [4.69, 9.17) is 5.11 Å². The van der Waals surface area contributed by atoms with Crippen LogP contribution in [0.1, 0.15) is 20.8 Å². The first-order valence-electron chi connectivity index (χ1n) is 4.71. The normalized spacial score (nSPS) is 14.7. The Kier molecular flexibility index (Phi) is 6.15. The van der Waals surface area contributed by atoms with Crippen LogP contribution in [0.3, 0.4) is 0 Å². The Morgan fingerprint density at radius 1 is 1.33 bits per heavy atom. The lowest BCUT2D eigenvalue weighted by molar-refractivity contribution is -0.133. The summed E-state index contributed by atoms with van der Waals surface area (Å²) in [4.78, 5) is 21.7. The van der Waals surface area contributed by atoms with Crippen molar-refractivity contribution >= 4 is 22.7 Å². The predicted molar refractivity (Wildman–Crippen MR) is 58.0 cm³/mol. The number of carbonyl (C=O) groups excluding carboxylic acids is 1. The standard InChI is InChI=1S/C9H17NO4S/c1-6(2)4-10-9(13)7(3)15(14)5-8(11)12/h6-7H,4-5H2,1-3H3,(H,10,13)(H,11,12). The summed E-state index contributed by atoms with van der Waals surface area (Å²) in [7, 11) is -1.65. The quantitative estimate of drug-likeness (QED) is 0.677. The lowest BCUT2D eigenvalue weighted by Crippen LogP contribution is -2.38. The minimum atomic E-state index is -1.65. The van der Waals surface area contributed by atoms with E-state index in [0.29, 0.717) is 12.5 Å². The topological polar surface area (TPSA) is 83.5 Å². The van der Waals surface area contributed by atoms with Crippen LogP contribution in [-0.2, 0) is 20.4 Å². The maximum absolute atomic E-state index is 11.4. The number of carboxylic acids is 1. The molecule has 2 unspecified atom stereocenters. The van der Waals surface area contributed by atoms with Gasteiger partial charge in [-0.25, -0.2) is 0 Å². The third-order valence-corrected chi connectivity index (χ3v) is 3.25. The van der Waals surface area contributed by atoms with E-state index < -0.39 is 27.8 Å². The molecule has 2 N–H and O–H groups in total. The molecule has 88 valence electrons. The van der Waals surface area contributed by atoms with E-state index >= 15 is 0 Å². The molecule has 0 aliphatic heterocycles. The second-order valence-electron chi connectivity index (χ2n) is 3.70. The molecule has 2 atom stereocenters. The monoisotopic (exact) mass is 235 g/mol. The summed E-state index contributed by atoms with van der Waals surface area (Å²) in [5, 5.41) is 10.2. The summed E-state index contributed by atoms with van der Waals surface area (Å²) in [5.74, 6) is -1.69. The van der Waals surface area contributed by atoms with Gasteiger partial charge >= 0.3 is 5.97 Å². The van der Waals surface area contributed by atoms with Crippen molar-refractivity contribution in [2.24, 2.45) is 5.92 Å². The first-order chi connectivity index (χ1) is 6.84. The third-order valence-electron chi connectivity index (χ3n) is 1.71. The van der Waals surface area contributed by atoms with Crippen LogP contribution in [-0.4, -0.2) is 38.7 Å². The van der Waals surface area contributed by atoms with Crippen LogP contribution < -0.4 is 5.32 Å². The van der Waals surface area contributed by atoms with Crippen LogP contribution in [0.25, 0.3) is 0 Å². The van der Waals surface area contributed by atoms with Crippen molar-refractivity contribution in [2.45, 2.75) is 26.0 Å². The molecule has 0 aliphatic rings. The fourth-order valence-electron chi connectivity index (χ4n) is 0.815. The van der Waals surface area contributed by atoms with Gasteiger partial charge in [-0.15, -0.1) is 0 Å². The van der Waals surface area contributed by atoms with Crippen LogP contribution >= 0.6 is 0 Å². The first-order valence-corrected chi connectivity index (χ1v) is 6.09. The highest BCUT2D eigenvalue weighted by Crippen LogP contribution is 1.97. The molecule has 0 heterocycles. The Hall–Kier alpha value is -0.910. The van der Waals surface area contributed by atoms with Gasteiger partial charge in [-0.2, -0.15) is 0 Å².